The summed E-state index contributed by atoms with van der Waals surface area (Å²) in [6, 6.07) is 10.8. The summed E-state index contributed by atoms with van der Waals surface area (Å²) in [6.07, 6.45) is 7.82. The summed E-state index contributed by atoms with van der Waals surface area (Å²) in [5.74, 6) is 2.75. The van der Waals surface area contributed by atoms with Gasteiger partial charge in [0.25, 0.3) is 0 Å². The SMILES string of the molecule is C1=C[C@H]2C[C@@H]1C[C@@H]2CN1CCN(c2ccccc2)CC1. The van der Waals surface area contributed by atoms with Gasteiger partial charge in [-0.05, 0) is 42.7 Å². The van der Waals surface area contributed by atoms with Gasteiger partial charge in [0, 0.05) is 38.4 Å². The third-order valence-corrected chi connectivity index (χ3v) is 5.40. The first-order valence-electron chi connectivity index (χ1n) is 8.09. The van der Waals surface area contributed by atoms with Crippen molar-refractivity contribution < 1.29 is 0 Å². The standard InChI is InChI=1S/C18H24N2/c1-2-4-18(5-3-1)20-10-8-19(9-11-20)14-17-13-15-6-7-16(17)12-15/h1-7,15-17H,8-14H2/t15-,16+,17-/m1/s1. The molecule has 0 amide bonds. The monoisotopic (exact) mass is 268 g/mol. The molecule has 0 N–H and O–H groups in total. The predicted octanol–water partition coefficient (Wildman–Crippen LogP) is 3.02. The van der Waals surface area contributed by atoms with Gasteiger partial charge < -0.3 is 4.90 Å². The van der Waals surface area contributed by atoms with Crippen LogP contribution in [0.5, 0.6) is 0 Å². The number of para-hydroxylation sites is 1. The summed E-state index contributed by atoms with van der Waals surface area (Å²) in [4.78, 5) is 5.22. The van der Waals surface area contributed by atoms with Crippen LogP contribution in [-0.4, -0.2) is 37.6 Å². The van der Waals surface area contributed by atoms with E-state index in [0.29, 0.717) is 0 Å². The molecule has 1 saturated carbocycles. The third-order valence-electron chi connectivity index (χ3n) is 5.40. The summed E-state index contributed by atoms with van der Waals surface area (Å²) < 4.78 is 0. The van der Waals surface area contributed by atoms with Crippen molar-refractivity contribution in [3.8, 4) is 0 Å². The van der Waals surface area contributed by atoms with Crippen LogP contribution in [0, 0.1) is 17.8 Å². The van der Waals surface area contributed by atoms with E-state index in [1.807, 2.05) is 0 Å². The molecule has 2 bridgehead atoms. The molecule has 106 valence electrons. The Kier molecular flexibility index (Phi) is 3.27. The lowest BCUT2D eigenvalue weighted by molar-refractivity contribution is 0.204. The summed E-state index contributed by atoms with van der Waals surface area (Å²) >= 11 is 0. The maximum absolute atomic E-state index is 2.69. The Hall–Kier alpha value is -1.28. The van der Waals surface area contributed by atoms with Gasteiger partial charge in [-0.2, -0.15) is 0 Å². The molecule has 2 aliphatic carbocycles. The van der Waals surface area contributed by atoms with E-state index < -0.39 is 0 Å². The van der Waals surface area contributed by atoms with Crippen LogP contribution < -0.4 is 4.90 Å². The van der Waals surface area contributed by atoms with Gasteiger partial charge in [-0.3, -0.25) is 4.90 Å². The second-order valence-corrected chi connectivity index (χ2v) is 6.66. The van der Waals surface area contributed by atoms with Crippen LogP contribution in [0.1, 0.15) is 12.8 Å². The fourth-order valence-corrected chi connectivity index (χ4v) is 4.26. The number of hydrogen-bond acceptors (Lipinski definition) is 2. The van der Waals surface area contributed by atoms with Crippen molar-refractivity contribution in [1.82, 2.24) is 4.90 Å². The van der Waals surface area contributed by atoms with Crippen LogP contribution in [0.3, 0.4) is 0 Å². The van der Waals surface area contributed by atoms with Crippen LogP contribution >= 0.6 is 0 Å². The quantitative estimate of drug-likeness (QED) is 0.778. The van der Waals surface area contributed by atoms with E-state index in [-0.39, 0.29) is 0 Å². The number of benzene rings is 1. The number of piperazine rings is 1. The highest BCUT2D eigenvalue weighted by molar-refractivity contribution is 5.46. The van der Waals surface area contributed by atoms with Gasteiger partial charge in [-0.15, -0.1) is 0 Å². The molecule has 0 radical (unpaired) electrons. The summed E-state index contributed by atoms with van der Waals surface area (Å²) in [5, 5.41) is 0. The third kappa shape index (κ3) is 2.37. The summed E-state index contributed by atoms with van der Waals surface area (Å²) in [5.41, 5.74) is 1.38. The molecule has 1 aromatic rings. The Balaban J connectivity index is 1.31. The van der Waals surface area contributed by atoms with E-state index in [1.54, 1.807) is 0 Å². The van der Waals surface area contributed by atoms with Gasteiger partial charge in [0.15, 0.2) is 0 Å². The minimum Gasteiger partial charge on any atom is -0.369 e. The van der Waals surface area contributed by atoms with E-state index in [0.717, 1.165) is 17.8 Å². The molecule has 0 unspecified atom stereocenters. The highest BCUT2D eigenvalue weighted by atomic mass is 15.3. The first kappa shape index (κ1) is 12.5. The molecule has 20 heavy (non-hydrogen) atoms. The zero-order valence-electron chi connectivity index (χ0n) is 12.1. The number of allylic oxidation sites excluding steroid dienone is 2. The van der Waals surface area contributed by atoms with Crippen LogP contribution in [0.4, 0.5) is 5.69 Å². The van der Waals surface area contributed by atoms with Gasteiger partial charge in [-0.1, -0.05) is 30.4 Å². The molecule has 4 rings (SSSR count). The molecule has 1 aliphatic heterocycles. The van der Waals surface area contributed by atoms with Gasteiger partial charge in [-0.25, -0.2) is 0 Å². The van der Waals surface area contributed by atoms with Gasteiger partial charge in [0.1, 0.15) is 0 Å². The molecule has 3 aliphatic rings. The topological polar surface area (TPSA) is 6.48 Å². The molecule has 0 aromatic heterocycles. The lowest BCUT2D eigenvalue weighted by Crippen LogP contribution is -2.48. The normalized spacial score (nSPS) is 33.0. The largest absolute Gasteiger partial charge is 0.369 e. The molecular formula is C18H24N2. The average molecular weight is 268 g/mol. The van der Waals surface area contributed by atoms with Crippen molar-refractivity contribution in [2.24, 2.45) is 17.8 Å². The fourth-order valence-electron chi connectivity index (χ4n) is 4.26. The van der Waals surface area contributed by atoms with E-state index >= 15 is 0 Å². The van der Waals surface area contributed by atoms with Gasteiger partial charge in [0.05, 0.1) is 0 Å². The maximum atomic E-state index is 2.69. The first-order valence-corrected chi connectivity index (χ1v) is 8.09. The Morgan fingerprint density at radius 1 is 0.900 bits per heavy atom. The van der Waals surface area contributed by atoms with Crippen molar-refractivity contribution in [2.45, 2.75) is 12.8 Å². The van der Waals surface area contributed by atoms with E-state index in [9.17, 15) is 0 Å². The van der Waals surface area contributed by atoms with Crippen LogP contribution in [0.15, 0.2) is 42.5 Å². The average Bonchev–Trinajstić information content (AvgIpc) is 3.12. The highest BCUT2D eigenvalue weighted by Crippen LogP contribution is 2.43. The minimum absolute atomic E-state index is 0.896. The van der Waals surface area contributed by atoms with E-state index in [1.165, 1.54) is 51.3 Å². The Bertz CT molecular complexity index is 473. The number of anilines is 1. The van der Waals surface area contributed by atoms with Crippen molar-refractivity contribution in [3.05, 3.63) is 42.5 Å². The number of nitrogens with zero attached hydrogens (tertiary/aromatic N) is 2. The number of hydrogen-bond donors (Lipinski definition) is 0. The molecule has 3 atom stereocenters. The van der Waals surface area contributed by atoms with Crippen molar-refractivity contribution in [2.75, 3.05) is 37.6 Å². The van der Waals surface area contributed by atoms with Crippen LogP contribution in [-0.2, 0) is 0 Å². The molecule has 1 saturated heterocycles. The van der Waals surface area contributed by atoms with Gasteiger partial charge >= 0.3 is 0 Å². The Morgan fingerprint density at radius 3 is 2.35 bits per heavy atom. The minimum atomic E-state index is 0.896. The second kappa shape index (κ2) is 5.25. The summed E-state index contributed by atoms with van der Waals surface area (Å²) in [6.45, 7) is 6.15. The van der Waals surface area contributed by atoms with Crippen molar-refractivity contribution >= 4 is 5.69 Å². The lowest BCUT2D eigenvalue weighted by atomic mass is 9.93. The maximum Gasteiger partial charge on any atom is 0.0367 e. The Labute approximate surface area is 122 Å². The smallest absolute Gasteiger partial charge is 0.0367 e. The first-order chi connectivity index (χ1) is 9.88. The van der Waals surface area contributed by atoms with Crippen LogP contribution in [0.25, 0.3) is 0 Å². The van der Waals surface area contributed by atoms with Crippen molar-refractivity contribution in [1.29, 1.82) is 0 Å². The molecule has 1 aromatic carbocycles. The van der Waals surface area contributed by atoms with Gasteiger partial charge in [0.2, 0.25) is 0 Å². The van der Waals surface area contributed by atoms with E-state index in [2.05, 4.69) is 52.3 Å². The molecule has 2 fully saturated rings. The van der Waals surface area contributed by atoms with Crippen LogP contribution in [0.2, 0.25) is 0 Å². The number of fused-ring (bicyclic) bond motifs is 2. The number of rotatable bonds is 3. The predicted molar refractivity (Wildman–Crippen MR) is 83.9 cm³/mol. The molecule has 1 heterocycles. The zero-order valence-corrected chi connectivity index (χ0v) is 12.1. The molecule has 0 spiro atoms. The molecule has 2 nitrogen and oxygen atoms in total. The zero-order chi connectivity index (χ0) is 13.4. The van der Waals surface area contributed by atoms with E-state index in [4.69, 9.17) is 0 Å². The lowest BCUT2D eigenvalue weighted by Gasteiger charge is -2.38. The summed E-state index contributed by atoms with van der Waals surface area (Å²) in [7, 11) is 0. The Morgan fingerprint density at radius 2 is 1.70 bits per heavy atom. The fraction of sp³-hybridized carbons (Fsp3) is 0.556. The highest BCUT2D eigenvalue weighted by Gasteiger charge is 2.36. The van der Waals surface area contributed by atoms with Crippen molar-refractivity contribution in [3.63, 3.8) is 0 Å². The molecule has 2 heteroatoms. The second-order valence-electron chi connectivity index (χ2n) is 6.66. The molecular weight excluding hydrogens is 244 g/mol.